The number of nitrogens with one attached hydrogen (secondary N) is 1. The molecule has 1 aromatic heterocycles. The van der Waals surface area contributed by atoms with Crippen LogP contribution in [-0.4, -0.2) is 34.1 Å². The summed E-state index contributed by atoms with van der Waals surface area (Å²) in [5.41, 5.74) is 0.182. The van der Waals surface area contributed by atoms with Gasteiger partial charge in [-0.15, -0.1) is 0 Å². The third-order valence-corrected chi connectivity index (χ3v) is 2.09. The quantitative estimate of drug-likeness (QED) is 0.680. The molecule has 1 atom stereocenters. The molecule has 0 spiro atoms. The third kappa shape index (κ3) is 3.33. The smallest absolute Gasteiger partial charge is 0.326 e. The van der Waals surface area contributed by atoms with Crippen LogP contribution in [0.1, 0.15) is 22.5 Å². The first-order valence-corrected chi connectivity index (χ1v) is 4.71. The zero-order valence-electron chi connectivity index (χ0n) is 8.97. The molecule has 0 aliphatic heterocycles. The number of carboxylic acid groups (broad SMARTS) is 2. The minimum absolute atomic E-state index is 0.182. The average molecular weight is 241 g/mol. The van der Waals surface area contributed by atoms with Crippen LogP contribution in [0.2, 0.25) is 0 Å². The molecule has 3 N–H and O–H groups in total. The highest BCUT2D eigenvalue weighted by Gasteiger charge is 2.24. The van der Waals surface area contributed by atoms with E-state index in [1.807, 2.05) is 0 Å². The maximum atomic E-state index is 11.6. The lowest BCUT2D eigenvalue weighted by atomic mass is 10.2. The lowest BCUT2D eigenvalue weighted by molar-refractivity contribution is -0.145. The SMILES string of the molecule is Cc1occc1C(=O)N[C@H](CC(=O)O)C(=O)O. The number of hydrogen-bond donors (Lipinski definition) is 3. The lowest BCUT2D eigenvalue weighted by Crippen LogP contribution is -2.42. The summed E-state index contributed by atoms with van der Waals surface area (Å²) < 4.78 is 4.88. The maximum Gasteiger partial charge on any atom is 0.326 e. The van der Waals surface area contributed by atoms with Gasteiger partial charge in [-0.1, -0.05) is 0 Å². The van der Waals surface area contributed by atoms with Gasteiger partial charge in [-0.2, -0.15) is 0 Å². The summed E-state index contributed by atoms with van der Waals surface area (Å²) in [7, 11) is 0. The van der Waals surface area contributed by atoms with Gasteiger partial charge in [-0.25, -0.2) is 4.79 Å². The zero-order chi connectivity index (χ0) is 13.0. The van der Waals surface area contributed by atoms with Crippen LogP contribution in [0.15, 0.2) is 16.7 Å². The molecule has 92 valence electrons. The van der Waals surface area contributed by atoms with Crippen LogP contribution in [0, 0.1) is 6.92 Å². The van der Waals surface area contributed by atoms with Crippen molar-refractivity contribution in [2.24, 2.45) is 0 Å². The van der Waals surface area contributed by atoms with Crippen molar-refractivity contribution in [3.8, 4) is 0 Å². The average Bonchev–Trinajstić information content (AvgIpc) is 2.62. The fourth-order valence-corrected chi connectivity index (χ4v) is 1.23. The Balaban J connectivity index is 2.74. The molecule has 0 saturated heterocycles. The van der Waals surface area contributed by atoms with Crippen molar-refractivity contribution >= 4 is 17.8 Å². The second-order valence-corrected chi connectivity index (χ2v) is 3.35. The van der Waals surface area contributed by atoms with Gasteiger partial charge in [0, 0.05) is 0 Å². The summed E-state index contributed by atoms with van der Waals surface area (Å²) >= 11 is 0. The molecule has 0 aliphatic carbocycles. The van der Waals surface area contributed by atoms with Crippen LogP contribution in [0.3, 0.4) is 0 Å². The van der Waals surface area contributed by atoms with Crippen LogP contribution in [0.4, 0.5) is 0 Å². The monoisotopic (exact) mass is 241 g/mol. The van der Waals surface area contributed by atoms with E-state index in [1.54, 1.807) is 6.92 Å². The zero-order valence-corrected chi connectivity index (χ0v) is 8.97. The third-order valence-electron chi connectivity index (χ3n) is 2.09. The van der Waals surface area contributed by atoms with E-state index in [-0.39, 0.29) is 5.56 Å². The normalized spacial score (nSPS) is 11.8. The number of aryl methyl sites for hydroxylation is 1. The van der Waals surface area contributed by atoms with Crippen LogP contribution in [0.25, 0.3) is 0 Å². The molecular weight excluding hydrogens is 230 g/mol. The fourth-order valence-electron chi connectivity index (χ4n) is 1.23. The molecule has 0 unspecified atom stereocenters. The Morgan fingerprint density at radius 1 is 1.41 bits per heavy atom. The molecule has 1 rings (SSSR count). The Labute approximate surface area is 96.0 Å². The summed E-state index contributed by atoms with van der Waals surface area (Å²) in [6, 6.07) is -0.0843. The van der Waals surface area contributed by atoms with Gasteiger partial charge in [-0.05, 0) is 13.0 Å². The predicted octanol–water partition coefficient (Wildman–Crippen LogP) is 0.246. The Morgan fingerprint density at radius 3 is 2.47 bits per heavy atom. The van der Waals surface area contributed by atoms with Gasteiger partial charge < -0.3 is 19.9 Å². The molecule has 1 heterocycles. The Hall–Kier alpha value is -2.31. The van der Waals surface area contributed by atoms with Gasteiger partial charge in [-0.3, -0.25) is 9.59 Å². The molecule has 0 bridgehead atoms. The first-order chi connectivity index (χ1) is 7.91. The predicted molar refractivity (Wildman–Crippen MR) is 54.6 cm³/mol. The van der Waals surface area contributed by atoms with E-state index in [0.717, 1.165) is 0 Å². The minimum atomic E-state index is -1.46. The second kappa shape index (κ2) is 5.15. The lowest BCUT2D eigenvalue weighted by Gasteiger charge is -2.11. The number of carboxylic acids is 2. The molecule has 1 amide bonds. The van der Waals surface area contributed by atoms with Crippen LogP contribution in [0.5, 0.6) is 0 Å². The van der Waals surface area contributed by atoms with Crippen molar-refractivity contribution in [3.05, 3.63) is 23.7 Å². The molecule has 0 aromatic carbocycles. The van der Waals surface area contributed by atoms with Gasteiger partial charge >= 0.3 is 11.9 Å². The van der Waals surface area contributed by atoms with Crippen molar-refractivity contribution in [1.82, 2.24) is 5.32 Å². The van der Waals surface area contributed by atoms with Crippen LogP contribution in [-0.2, 0) is 9.59 Å². The summed E-state index contributed by atoms with van der Waals surface area (Å²) in [5.74, 6) is -3.05. The number of amides is 1. The van der Waals surface area contributed by atoms with Crippen molar-refractivity contribution in [1.29, 1.82) is 0 Å². The fraction of sp³-hybridized carbons (Fsp3) is 0.300. The molecule has 0 aliphatic rings. The number of rotatable bonds is 5. The number of carbonyl (C=O) groups excluding carboxylic acids is 1. The van der Waals surface area contributed by atoms with E-state index < -0.39 is 30.3 Å². The number of furan rings is 1. The first kappa shape index (κ1) is 12.8. The van der Waals surface area contributed by atoms with Crippen LogP contribution < -0.4 is 5.32 Å². The van der Waals surface area contributed by atoms with E-state index in [4.69, 9.17) is 14.6 Å². The Morgan fingerprint density at radius 2 is 2.06 bits per heavy atom. The molecule has 0 saturated carbocycles. The molecule has 17 heavy (non-hydrogen) atoms. The highest BCUT2D eigenvalue weighted by atomic mass is 16.4. The summed E-state index contributed by atoms with van der Waals surface area (Å²) in [6.45, 7) is 1.54. The van der Waals surface area contributed by atoms with Gasteiger partial charge in [0.15, 0.2) is 0 Å². The Kier molecular flexibility index (Phi) is 3.86. The molecule has 0 radical (unpaired) electrons. The summed E-state index contributed by atoms with van der Waals surface area (Å²) in [4.78, 5) is 32.7. The van der Waals surface area contributed by atoms with Gasteiger partial charge in [0.05, 0.1) is 18.2 Å². The Bertz CT molecular complexity index is 449. The largest absolute Gasteiger partial charge is 0.481 e. The van der Waals surface area contributed by atoms with E-state index in [9.17, 15) is 14.4 Å². The van der Waals surface area contributed by atoms with Crippen molar-refractivity contribution in [3.63, 3.8) is 0 Å². The maximum absolute atomic E-state index is 11.6. The van der Waals surface area contributed by atoms with Crippen molar-refractivity contribution in [2.45, 2.75) is 19.4 Å². The van der Waals surface area contributed by atoms with Gasteiger partial charge in [0.2, 0.25) is 0 Å². The highest BCUT2D eigenvalue weighted by molar-refractivity contribution is 5.98. The van der Waals surface area contributed by atoms with Crippen LogP contribution >= 0.6 is 0 Å². The first-order valence-electron chi connectivity index (χ1n) is 4.71. The summed E-state index contributed by atoms with van der Waals surface area (Å²) in [5, 5.41) is 19.3. The van der Waals surface area contributed by atoms with Gasteiger partial charge in [0.1, 0.15) is 11.8 Å². The molecule has 7 nitrogen and oxygen atoms in total. The second-order valence-electron chi connectivity index (χ2n) is 3.35. The van der Waals surface area contributed by atoms with E-state index in [1.165, 1.54) is 12.3 Å². The number of aliphatic carboxylic acids is 2. The number of hydrogen-bond acceptors (Lipinski definition) is 4. The minimum Gasteiger partial charge on any atom is -0.481 e. The summed E-state index contributed by atoms with van der Waals surface area (Å²) in [6.07, 6.45) is 0.606. The highest BCUT2D eigenvalue weighted by Crippen LogP contribution is 2.09. The van der Waals surface area contributed by atoms with E-state index in [2.05, 4.69) is 5.32 Å². The molecular formula is C10H11NO6. The van der Waals surface area contributed by atoms with Crippen molar-refractivity contribution in [2.75, 3.05) is 0 Å². The molecule has 0 fully saturated rings. The van der Waals surface area contributed by atoms with E-state index in [0.29, 0.717) is 5.76 Å². The standard InChI is InChI=1S/C10H11NO6/c1-5-6(2-3-17-5)9(14)11-7(10(15)16)4-8(12)13/h2-3,7H,4H2,1H3,(H,11,14)(H,12,13)(H,15,16)/t7-/m1/s1. The molecule has 1 aromatic rings. The van der Waals surface area contributed by atoms with E-state index >= 15 is 0 Å². The molecule has 7 heteroatoms. The topological polar surface area (TPSA) is 117 Å². The van der Waals surface area contributed by atoms with Crippen molar-refractivity contribution < 1.29 is 29.0 Å². The van der Waals surface area contributed by atoms with Gasteiger partial charge in [0.25, 0.3) is 5.91 Å². The number of carbonyl (C=O) groups is 3.